The number of hydrogen-bond acceptors (Lipinski definition) is 3. The Morgan fingerprint density at radius 2 is 2.35 bits per heavy atom. The zero-order valence-electron chi connectivity index (χ0n) is 9.55. The molecule has 0 aromatic carbocycles. The molecule has 2 aromatic heterocycles. The molecular weight excluding hydrogens is 286 g/mol. The van der Waals surface area contributed by atoms with Gasteiger partial charge in [0.2, 0.25) is 0 Å². The van der Waals surface area contributed by atoms with Crippen LogP contribution in [-0.4, -0.2) is 27.6 Å². The van der Waals surface area contributed by atoms with Gasteiger partial charge in [0.25, 0.3) is 5.91 Å². The maximum absolute atomic E-state index is 12.0. The highest BCUT2D eigenvalue weighted by Gasteiger charge is 2.14. The minimum absolute atomic E-state index is 0.0781. The molecule has 1 amide bonds. The third-order valence-electron chi connectivity index (χ3n) is 2.32. The van der Waals surface area contributed by atoms with E-state index in [1.807, 2.05) is 6.07 Å². The zero-order chi connectivity index (χ0) is 12.4. The largest absolute Gasteiger partial charge is 0.452 e. The molecule has 0 aliphatic heterocycles. The number of halogens is 1. The Morgan fingerprint density at radius 1 is 1.59 bits per heavy atom. The molecule has 5 nitrogen and oxygen atoms in total. The number of amides is 1. The van der Waals surface area contributed by atoms with Crippen LogP contribution in [0, 0.1) is 0 Å². The molecule has 0 aliphatic carbocycles. The molecule has 2 aromatic rings. The van der Waals surface area contributed by atoms with Crippen molar-refractivity contribution in [2.75, 3.05) is 7.05 Å². The van der Waals surface area contributed by atoms with Crippen LogP contribution >= 0.6 is 15.9 Å². The van der Waals surface area contributed by atoms with E-state index in [0.717, 1.165) is 5.76 Å². The molecule has 0 saturated heterocycles. The molecule has 0 fully saturated rings. The predicted octanol–water partition coefficient (Wildman–Crippen LogP) is 2.05. The van der Waals surface area contributed by atoms with Crippen LogP contribution in [0.15, 0.2) is 33.6 Å². The fraction of sp³-hybridized carbons (Fsp3) is 0.273. The van der Waals surface area contributed by atoms with E-state index in [2.05, 4.69) is 21.0 Å². The highest BCUT2D eigenvalue weighted by Crippen LogP contribution is 2.16. The lowest BCUT2D eigenvalue weighted by atomic mass is 10.3. The third kappa shape index (κ3) is 2.76. The van der Waals surface area contributed by atoms with Crippen LogP contribution in [-0.2, 0) is 13.6 Å². The van der Waals surface area contributed by atoms with E-state index in [-0.39, 0.29) is 5.91 Å². The van der Waals surface area contributed by atoms with Crippen molar-refractivity contribution in [1.82, 2.24) is 14.7 Å². The lowest BCUT2D eigenvalue weighted by molar-refractivity contribution is 0.0775. The van der Waals surface area contributed by atoms with Gasteiger partial charge in [0.05, 0.1) is 18.3 Å². The lowest BCUT2D eigenvalue weighted by Gasteiger charge is -2.14. The summed E-state index contributed by atoms with van der Waals surface area (Å²) >= 11 is 3.22. The average molecular weight is 298 g/mol. The first-order valence-electron chi connectivity index (χ1n) is 5.04. The SMILES string of the molecule is CN(Cc1ccc(Br)o1)C(=O)c1cnn(C)c1. The molecule has 0 N–H and O–H groups in total. The Bertz CT molecular complexity index is 532. The molecule has 0 bridgehead atoms. The quantitative estimate of drug-likeness (QED) is 0.871. The first-order valence-corrected chi connectivity index (χ1v) is 5.84. The topological polar surface area (TPSA) is 51.3 Å². The van der Waals surface area contributed by atoms with Crippen molar-refractivity contribution in [2.24, 2.45) is 7.05 Å². The number of aryl methyl sites for hydroxylation is 1. The van der Waals surface area contributed by atoms with Gasteiger partial charge >= 0.3 is 0 Å². The van der Waals surface area contributed by atoms with Crippen LogP contribution in [0.4, 0.5) is 0 Å². The minimum atomic E-state index is -0.0781. The van der Waals surface area contributed by atoms with E-state index in [1.165, 1.54) is 0 Å². The van der Waals surface area contributed by atoms with Gasteiger partial charge in [-0.3, -0.25) is 9.48 Å². The summed E-state index contributed by atoms with van der Waals surface area (Å²) in [5.41, 5.74) is 0.570. The summed E-state index contributed by atoms with van der Waals surface area (Å²) in [5, 5.41) is 3.97. The fourth-order valence-corrected chi connectivity index (χ4v) is 1.83. The van der Waals surface area contributed by atoms with Gasteiger partial charge in [-0.05, 0) is 28.1 Å². The Labute approximate surface area is 107 Å². The van der Waals surface area contributed by atoms with Gasteiger partial charge < -0.3 is 9.32 Å². The van der Waals surface area contributed by atoms with Crippen molar-refractivity contribution in [1.29, 1.82) is 0 Å². The summed E-state index contributed by atoms with van der Waals surface area (Å²) in [6.45, 7) is 0.430. The van der Waals surface area contributed by atoms with Crippen LogP contribution in [0.3, 0.4) is 0 Å². The summed E-state index contributed by atoms with van der Waals surface area (Å²) in [6, 6.07) is 3.63. The van der Waals surface area contributed by atoms with Crippen molar-refractivity contribution >= 4 is 21.8 Å². The van der Waals surface area contributed by atoms with E-state index in [0.29, 0.717) is 16.8 Å². The van der Waals surface area contributed by atoms with Crippen LogP contribution in [0.25, 0.3) is 0 Å². The molecule has 90 valence electrons. The number of nitrogens with zero attached hydrogens (tertiary/aromatic N) is 3. The summed E-state index contributed by atoms with van der Waals surface area (Å²) < 4.78 is 7.61. The number of aromatic nitrogens is 2. The molecule has 2 heterocycles. The summed E-state index contributed by atoms with van der Waals surface area (Å²) in [5.74, 6) is 0.655. The molecule has 2 rings (SSSR count). The monoisotopic (exact) mass is 297 g/mol. The van der Waals surface area contributed by atoms with Gasteiger partial charge in [-0.1, -0.05) is 0 Å². The summed E-state index contributed by atoms with van der Waals surface area (Å²) in [7, 11) is 3.51. The molecule has 17 heavy (non-hydrogen) atoms. The van der Waals surface area contributed by atoms with Crippen LogP contribution in [0.2, 0.25) is 0 Å². The van der Waals surface area contributed by atoms with E-state index in [9.17, 15) is 4.79 Å². The fourth-order valence-electron chi connectivity index (χ4n) is 1.49. The van der Waals surface area contributed by atoms with E-state index < -0.39 is 0 Å². The van der Waals surface area contributed by atoms with Crippen molar-refractivity contribution < 1.29 is 9.21 Å². The summed E-state index contributed by atoms with van der Waals surface area (Å²) in [6.07, 6.45) is 3.24. The first kappa shape index (κ1) is 11.9. The number of furan rings is 1. The van der Waals surface area contributed by atoms with Crippen molar-refractivity contribution in [2.45, 2.75) is 6.54 Å². The Hall–Kier alpha value is -1.56. The standard InChI is InChI=1S/C11H12BrN3O2/c1-14(7-9-3-4-10(12)17-9)11(16)8-5-13-15(2)6-8/h3-6H,7H2,1-2H3. The van der Waals surface area contributed by atoms with E-state index >= 15 is 0 Å². The Balaban J connectivity index is 2.05. The van der Waals surface area contributed by atoms with Gasteiger partial charge in [-0.25, -0.2) is 0 Å². The first-order chi connectivity index (χ1) is 8.06. The third-order valence-corrected chi connectivity index (χ3v) is 2.75. The second kappa shape index (κ2) is 4.75. The van der Waals surface area contributed by atoms with Gasteiger partial charge in [-0.2, -0.15) is 5.10 Å². The van der Waals surface area contributed by atoms with Gasteiger partial charge in [0, 0.05) is 20.3 Å². The maximum Gasteiger partial charge on any atom is 0.257 e. The van der Waals surface area contributed by atoms with Gasteiger partial charge in [-0.15, -0.1) is 0 Å². The second-order valence-electron chi connectivity index (χ2n) is 3.77. The van der Waals surface area contributed by atoms with E-state index in [4.69, 9.17) is 4.42 Å². The second-order valence-corrected chi connectivity index (χ2v) is 4.55. The molecule has 0 atom stereocenters. The zero-order valence-corrected chi connectivity index (χ0v) is 11.1. The Morgan fingerprint density at radius 3 is 2.88 bits per heavy atom. The van der Waals surface area contributed by atoms with Crippen LogP contribution in [0.1, 0.15) is 16.1 Å². The molecule has 0 unspecified atom stereocenters. The number of hydrogen-bond donors (Lipinski definition) is 0. The molecule has 6 heteroatoms. The molecular formula is C11H12BrN3O2. The van der Waals surface area contributed by atoms with Gasteiger partial charge in [0.1, 0.15) is 5.76 Å². The normalized spacial score (nSPS) is 10.5. The Kier molecular flexibility index (Phi) is 3.33. The highest BCUT2D eigenvalue weighted by atomic mass is 79.9. The highest BCUT2D eigenvalue weighted by molar-refractivity contribution is 9.10. The van der Waals surface area contributed by atoms with Crippen molar-refractivity contribution in [3.63, 3.8) is 0 Å². The van der Waals surface area contributed by atoms with Crippen LogP contribution < -0.4 is 0 Å². The summed E-state index contributed by atoms with van der Waals surface area (Å²) in [4.78, 5) is 13.6. The maximum atomic E-state index is 12.0. The van der Waals surface area contributed by atoms with Crippen molar-refractivity contribution in [3.05, 3.63) is 40.5 Å². The number of carbonyl (C=O) groups is 1. The van der Waals surface area contributed by atoms with Crippen LogP contribution in [0.5, 0.6) is 0 Å². The molecule has 0 saturated carbocycles. The molecule has 0 radical (unpaired) electrons. The van der Waals surface area contributed by atoms with Crippen molar-refractivity contribution in [3.8, 4) is 0 Å². The lowest BCUT2D eigenvalue weighted by Crippen LogP contribution is -2.25. The average Bonchev–Trinajstić information content (AvgIpc) is 2.87. The number of rotatable bonds is 3. The van der Waals surface area contributed by atoms with Gasteiger partial charge in [0.15, 0.2) is 4.67 Å². The number of carbonyl (C=O) groups excluding carboxylic acids is 1. The minimum Gasteiger partial charge on any atom is -0.452 e. The van der Waals surface area contributed by atoms with E-state index in [1.54, 1.807) is 42.1 Å². The predicted molar refractivity (Wildman–Crippen MR) is 65.4 cm³/mol. The molecule has 0 spiro atoms. The molecule has 0 aliphatic rings. The smallest absolute Gasteiger partial charge is 0.257 e.